The molecule has 29 heavy (non-hydrogen) atoms. The van der Waals surface area contributed by atoms with Gasteiger partial charge in [0.25, 0.3) is 0 Å². The van der Waals surface area contributed by atoms with Crippen molar-refractivity contribution in [3.05, 3.63) is 48.4 Å². The van der Waals surface area contributed by atoms with Gasteiger partial charge in [-0.25, -0.2) is 18.9 Å². The summed E-state index contributed by atoms with van der Waals surface area (Å²) in [4.78, 5) is 32.3. The lowest BCUT2D eigenvalue weighted by molar-refractivity contribution is -0.119. The normalized spacial score (nSPS) is 17.0. The average Bonchev–Trinajstić information content (AvgIpc) is 3.33. The van der Waals surface area contributed by atoms with E-state index in [9.17, 15) is 14.0 Å². The van der Waals surface area contributed by atoms with Crippen LogP contribution in [-0.4, -0.2) is 52.2 Å². The van der Waals surface area contributed by atoms with Crippen LogP contribution >= 0.6 is 0 Å². The number of hydrogen-bond acceptors (Lipinski definition) is 7. The second-order valence-electron chi connectivity index (χ2n) is 6.28. The monoisotopic (exact) mass is 401 g/mol. The molecule has 152 valence electrons. The number of cyclic esters (lactones) is 1. The highest BCUT2D eigenvalue weighted by atomic mass is 19.1. The molecule has 10 nitrogen and oxygen atoms in total. The Hall–Kier alpha value is -3.76. The molecule has 2 heterocycles. The number of carbonyl (C=O) groups excluding carboxylic acids is 2. The maximum absolute atomic E-state index is 14.5. The van der Waals surface area contributed by atoms with Crippen LogP contribution in [0.2, 0.25) is 0 Å². The van der Waals surface area contributed by atoms with E-state index in [1.807, 2.05) is 0 Å². The number of ether oxygens (including phenoxy) is 1. The summed E-state index contributed by atoms with van der Waals surface area (Å²) >= 11 is 0. The number of aromatic nitrogens is 3. The Morgan fingerprint density at radius 2 is 2.34 bits per heavy atom. The van der Waals surface area contributed by atoms with E-state index in [2.05, 4.69) is 20.4 Å². The molecule has 1 unspecified atom stereocenters. The first kappa shape index (κ1) is 20.0. The molecule has 0 saturated carbocycles. The number of nitrogens with two attached hydrogens (primary N) is 1. The van der Waals surface area contributed by atoms with Gasteiger partial charge in [0, 0.05) is 24.9 Å². The predicted octanol–water partition coefficient (Wildman–Crippen LogP) is 1.12. The van der Waals surface area contributed by atoms with Gasteiger partial charge in [0.2, 0.25) is 5.91 Å². The first-order valence-corrected chi connectivity index (χ1v) is 8.75. The van der Waals surface area contributed by atoms with Crippen molar-refractivity contribution in [3.63, 3.8) is 0 Å². The van der Waals surface area contributed by atoms with E-state index in [4.69, 9.17) is 10.5 Å². The molecular formula is C18H20FN7O3. The van der Waals surface area contributed by atoms with Crippen molar-refractivity contribution in [2.75, 3.05) is 18.0 Å². The number of anilines is 1. The molecule has 3 N–H and O–H groups in total. The summed E-state index contributed by atoms with van der Waals surface area (Å²) in [5.41, 5.74) is 6.62. The van der Waals surface area contributed by atoms with Crippen LogP contribution in [0.25, 0.3) is 0 Å². The molecule has 1 aliphatic rings. The lowest BCUT2D eigenvalue weighted by atomic mass is 10.2. The number of benzene rings is 1. The molecular weight excluding hydrogens is 381 g/mol. The highest BCUT2D eigenvalue weighted by Gasteiger charge is 2.32. The molecule has 1 saturated heterocycles. The van der Waals surface area contributed by atoms with E-state index in [1.54, 1.807) is 10.7 Å². The van der Waals surface area contributed by atoms with Gasteiger partial charge < -0.3 is 15.8 Å². The molecule has 0 aliphatic carbocycles. The third-order valence-electron chi connectivity index (χ3n) is 4.09. The van der Waals surface area contributed by atoms with Crippen LogP contribution in [-0.2, 0) is 16.1 Å². The van der Waals surface area contributed by atoms with Crippen molar-refractivity contribution in [1.29, 1.82) is 0 Å². The lowest BCUT2D eigenvalue weighted by Gasteiger charge is -2.13. The number of hydrogen-bond donors (Lipinski definition) is 2. The van der Waals surface area contributed by atoms with Gasteiger partial charge in [0.05, 0.1) is 31.0 Å². The summed E-state index contributed by atoms with van der Waals surface area (Å²) in [5.74, 6) is -0.823. The van der Waals surface area contributed by atoms with Gasteiger partial charge in [0.1, 0.15) is 18.8 Å². The summed E-state index contributed by atoms with van der Waals surface area (Å²) in [6.07, 6.45) is 4.62. The quantitative estimate of drug-likeness (QED) is 0.669. The number of nitrogens with zero attached hydrogens (tertiary/aromatic N) is 5. The molecule has 2 amide bonds. The first-order valence-electron chi connectivity index (χ1n) is 8.75. The fourth-order valence-corrected chi connectivity index (χ4v) is 2.66. The van der Waals surface area contributed by atoms with Crippen LogP contribution in [0.5, 0.6) is 0 Å². The van der Waals surface area contributed by atoms with Gasteiger partial charge in [-0.2, -0.15) is 5.10 Å². The van der Waals surface area contributed by atoms with Crippen LogP contribution in [0.3, 0.4) is 0 Å². The number of allylic oxidation sites excluding steroid dienone is 1. The van der Waals surface area contributed by atoms with Gasteiger partial charge in [0.15, 0.2) is 5.82 Å². The van der Waals surface area contributed by atoms with E-state index in [1.165, 1.54) is 49.0 Å². The minimum Gasteiger partial charge on any atom is -0.442 e. The van der Waals surface area contributed by atoms with Gasteiger partial charge in [-0.05, 0) is 18.2 Å². The van der Waals surface area contributed by atoms with E-state index >= 15 is 0 Å². The van der Waals surface area contributed by atoms with Crippen molar-refractivity contribution < 1.29 is 18.7 Å². The van der Waals surface area contributed by atoms with Gasteiger partial charge in [-0.3, -0.25) is 14.7 Å². The van der Waals surface area contributed by atoms with Crippen LogP contribution in [0, 0.1) is 5.82 Å². The second kappa shape index (κ2) is 8.95. The fraction of sp³-hybridized carbons (Fsp3) is 0.278. The van der Waals surface area contributed by atoms with Crippen LogP contribution < -0.4 is 16.0 Å². The minimum absolute atomic E-state index is 0.0917. The molecule has 1 aliphatic heterocycles. The van der Waals surface area contributed by atoms with Crippen molar-refractivity contribution in [2.24, 2.45) is 10.7 Å². The summed E-state index contributed by atoms with van der Waals surface area (Å²) in [7, 11) is 0. The largest absolute Gasteiger partial charge is 0.442 e. The first-order chi connectivity index (χ1) is 14.0. The zero-order valence-electron chi connectivity index (χ0n) is 15.7. The maximum atomic E-state index is 14.5. The molecule has 1 atom stereocenters. The molecule has 11 heteroatoms. The number of nitrogens with one attached hydrogen (secondary N) is 1. The van der Waals surface area contributed by atoms with Crippen LogP contribution in [0.15, 0.2) is 47.6 Å². The SMILES string of the molecule is CC(=O)NCC1CN(c2ccc(N=C/C(=C\N)Cn3cncn3)c(F)c2)C(=O)O1. The topological polar surface area (TPSA) is 128 Å². The summed E-state index contributed by atoms with van der Waals surface area (Å²) in [6.45, 7) is 2.12. The van der Waals surface area contributed by atoms with Crippen molar-refractivity contribution >= 4 is 29.6 Å². The summed E-state index contributed by atoms with van der Waals surface area (Å²) < 4.78 is 21.2. The highest BCUT2D eigenvalue weighted by Crippen LogP contribution is 2.27. The average molecular weight is 401 g/mol. The molecule has 3 rings (SSSR count). The van der Waals surface area contributed by atoms with Crippen molar-refractivity contribution in [3.8, 4) is 0 Å². The number of rotatable bonds is 7. The van der Waals surface area contributed by atoms with Gasteiger partial charge >= 0.3 is 6.09 Å². The third-order valence-corrected chi connectivity index (χ3v) is 4.09. The Morgan fingerprint density at radius 1 is 1.52 bits per heavy atom. The molecule has 0 bridgehead atoms. The summed E-state index contributed by atoms with van der Waals surface area (Å²) in [5, 5.41) is 6.56. The Balaban J connectivity index is 1.67. The molecule has 0 radical (unpaired) electrons. The van der Waals surface area contributed by atoms with E-state index in [0.29, 0.717) is 17.8 Å². The maximum Gasteiger partial charge on any atom is 0.414 e. The number of aliphatic imine (C=N–C) groups is 1. The second-order valence-corrected chi connectivity index (χ2v) is 6.28. The fourth-order valence-electron chi connectivity index (χ4n) is 2.66. The predicted molar refractivity (Wildman–Crippen MR) is 103 cm³/mol. The molecule has 1 aromatic heterocycles. The van der Waals surface area contributed by atoms with Gasteiger partial charge in [-0.15, -0.1) is 0 Å². The Morgan fingerprint density at radius 3 is 3.00 bits per heavy atom. The highest BCUT2D eigenvalue weighted by molar-refractivity contribution is 5.90. The van der Waals surface area contributed by atoms with Crippen molar-refractivity contribution in [1.82, 2.24) is 20.1 Å². The van der Waals surface area contributed by atoms with Crippen LogP contribution in [0.4, 0.5) is 20.6 Å². The Kier molecular flexibility index (Phi) is 6.17. The number of carbonyl (C=O) groups is 2. The standard InChI is InChI=1S/C18H20FN7O3/c1-12(27)22-7-15-9-26(18(28)29-15)14-2-3-17(16(19)4-14)23-6-13(5-20)8-25-11-21-10-24-25/h2-6,10-11,15H,7-9,20H2,1H3,(H,22,27)/b13-5+,23-6?. The zero-order chi connectivity index (χ0) is 20.8. The number of amides is 2. The smallest absolute Gasteiger partial charge is 0.414 e. The number of halogens is 1. The minimum atomic E-state index is -0.603. The Labute approximate surface area is 165 Å². The zero-order valence-corrected chi connectivity index (χ0v) is 15.7. The summed E-state index contributed by atoms with van der Waals surface area (Å²) in [6, 6.07) is 4.23. The van der Waals surface area contributed by atoms with E-state index in [0.717, 1.165) is 0 Å². The lowest BCUT2D eigenvalue weighted by Crippen LogP contribution is -2.33. The molecule has 1 aromatic carbocycles. The van der Waals surface area contributed by atoms with E-state index in [-0.39, 0.29) is 24.7 Å². The van der Waals surface area contributed by atoms with Crippen LogP contribution in [0.1, 0.15) is 6.92 Å². The van der Waals surface area contributed by atoms with Gasteiger partial charge in [-0.1, -0.05) is 0 Å². The Bertz CT molecular complexity index is 943. The molecule has 1 fully saturated rings. The molecule has 2 aromatic rings. The van der Waals surface area contributed by atoms with E-state index < -0.39 is 18.0 Å². The third kappa shape index (κ3) is 5.15. The van der Waals surface area contributed by atoms with Crippen molar-refractivity contribution in [2.45, 2.75) is 19.6 Å². The molecule has 0 spiro atoms.